The molecule has 2 amide bonds. The molecule has 0 bridgehead atoms. The van der Waals surface area contributed by atoms with Gasteiger partial charge in [0.1, 0.15) is 16.4 Å². The maximum Gasteiger partial charge on any atom is 0.339 e. The second-order valence-electron chi connectivity index (χ2n) is 8.95. The molecule has 0 atom stereocenters. The van der Waals surface area contributed by atoms with Crippen molar-refractivity contribution in [3.8, 4) is 5.75 Å². The quantitative estimate of drug-likeness (QED) is 0.170. The largest absolute Gasteiger partial charge is 0.467 e. The average molecular weight is 636 g/mol. The van der Waals surface area contributed by atoms with E-state index in [0.717, 1.165) is 0 Å². The molecule has 4 rings (SSSR count). The Balaban J connectivity index is 1.63. The Labute approximate surface area is 252 Å². The molecule has 214 valence electrons. The number of halogens is 3. The van der Waals surface area contributed by atoms with Gasteiger partial charge in [-0.2, -0.15) is 8.42 Å². The van der Waals surface area contributed by atoms with Gasteiger partial charge in [-0.3, -0.25) is 9.59 Å². The van der Waals surface area contributed by atoms with E-state index in [1.165, 1.54) is 53.6 Å². The maximum atomic E-state index is 13.7. The molecule has 1 aromatic heterocycles. The second kappa shape index (κ2) is 13.4. The number of rotatable bonds is 11. The van der Waals surface area contributed by atoms with E-state index in [-0.39, 0.29) is 45.3 Å². The van der Waals surface area contributed by atoms with Crippen molar-refractivity contribution >= 4 is 62.4 Å². The highest BCUT2D eigenvalue weighted by atomic mass is 35.5. The molecule has 0 saturated carbocycles. The number of nitrogens with one attached hydrogen (secondary N) is 1. The van der Waals surface area contributed by atoms with Gasteiger partial charge in [-0.1, -0.05) is 47.8 Å². The lowest BCUT2D eigenvalue weighted by atomic mass is 10.1. The number of carbonyl (C=O) groups is 2. The Bertz CT molecular complexity index is 1620. The van der Waals surface area contributed by atoms with Crippen LogP contribution in [0.4, 0.5) is 5.69 Å². The molecular weight excluding hydrogens is 611 g/mol. The summed E-state index contributed by atoms with van der Waals surface area (Å²) in [5, 5.41) is 3.33. The second-order valence-corrected chi connectivity index (χ2v) is 11.7. The van der Waals surface area contributed by atoms with E-state index in [4.69, 9.17) is 43.4 Å². The van der Waals surface area contributed by atoms with E-state index in [2.05, 4.69) is 5.32 Å². The Kier molecular flexibility index (Phi) is 9.99. The van der Waals surface area contributed by atoms with Crippen LogP contribution in [-0.4, -0.2) is 25.1 Å². The van der Waals surface area contributed by atoms with Crippen molar-refractivity contribution in [1.29, 1.82) is 0 Å². The first-order valence-corrected chi connectivity index (χ1v) is 15.0. The van der Waals surface area contributed by atoms with Gasteiger partial charge in [-0.15, -0.1) is 0 Å². The highest BCUT2D eigenvalue weighted by Gasteiger charge is 2.25. The first-order valence-electron chi connectivity index (χ1n) is 12.5. The molecule has 0 aliphatic carbocycles. The number of benzene rings is 3. The van der Waals surface area contributed by atoms with E-state index in [0.29, 0.717) is 34.9 Å². The molecule has 12 heteroatoms. The van der Waals surface area contributed by atoms with Crippen molar-refractivity contribution in [2.45, 2.75) is 37.8 Å². The van der Waals surface area contributed by atoms with Crippen molar-refractivity contribution in [3.05, 3.63) is 111 Å². The third-order valence-electron chi connectivity index (χ3n) is 5.88. The maximum absolute atomic E-state index is 13.7. The van der Waals surface area contributed by atoms with Gasteiger partial charge >= 0.3 is 10.1 Å². The number of nitrogens with zero attached hydrogens (tertiary/aromatic N) is 1. The number of hydrogen-bond acceptors (Lipinski definition) is 6. The van der Waals surface area contributed by atoms with Gasteiger partial charge in [0.05, 0.1) is 35.0 Å². The fraction of sp³-hybridized carbons (Fsp3) is 0.172. The average Bonchev–Trinajstić information content (AvgIpc) is 3.43. The monoisotopic (exact) mass is 634 g/mol. The molecule has 4 aromatic rings. The van der Waals surface area contributed by atoms with E-state index >= 15 is 0 Å². The lowest BCUT2D eigenvalue weighted by Gasteiger charge is -2.24. The summed E-state index contributed by atoms with van der Waals surface area (Å²) in [5.74, 6) is -0.231. The van der Waals surface area contributed by atoms with Crippen LogP contribution in [0.25, 0.3) is 0 Å². The minimum absolute atomic E-state index is 0.0251. The van der Waals surface area contributed by atoms with E-state index < -0.39 is 16.0 Å². The molecular formula is C29H25Cl3N2O6S. The zero-order chi connectivity index (χ0) is 29.6. The highest BCUT2D eigenvalue weighted by Crippen LogP contribution is 2.31. The summed E-state index contributed by atoms with van der Waals surface area (Å²) in [6.45, 7) is 1.79. The normalized spacial score (nSPS) is 11.2. The zero-order valence-corrected chi connectivity index (χ0v) is 24.9. The number of carbonyl (C=O) groups excluding carboxylic acids is 2. The Morgan fingerprint density at radius 1 is 0.927 bits per heavy atom. The van der Waals surface area contributed by atoms with Gasteiger partial charge in [-0.25, -0.2) is 0 Å². The highest BCUT2D eigenvalue weighted by molar-refractivity contribution is 7.87. The zero-order valence-electron chi connectivity index (χ0n) is 21.8. The summed E-state index contributed by atoms with van der Waals surface area (Å²) >= 11 is 18.9. The number of amides is 2. The molecule has 0 spiro atoms. The van der Waals surface area contributed by atoms with Crippen LogP contribution < -0.4 is 9.50 Å². The van der Waals surface area contributed by atoms with Crippen molar-refractivity contribution in [3.63, 3.8) is 0 Å². The SMILES string of the molecule is CCCC(=O)Nc1ccc(S(=O)(=O)Oc2ccc(Cl)cc2CN(Cc2ccco2)C(=O)c2c(Cl)cccc2Cl)cc1. The molecule has 0 fully saturated rings. The van der Waals surface area contributed by atoms with Crippen molar-refractivity contribution in [2.24, 2.45) is 0 Å². The summed E-state index contributed by atoms with van der Waals surface area (Å²) in [7, 11) is -4.30. The minimum atomic E-state index is -4.30. The fourth-order valence-electron chi connectivity index (χ4n) is 3.93. The van der Waals surface area contributed by atoms with Crippen molar-refractivity contribution in [2.75, 3.05) is 5.32 Å². The summed E-state index contributed by atoms with van der Waals surface area (Å²) in [5.41, 5.74) is 0.859. The number of furan rings is 1. The molecule has 1 N–H and O–H groups in total. The van der Waals surface area contributed by atoms with Crippen LogP contribution in [0.15, 0.2) is 88.4 Å². The topological polar surface area (TPSA) is 106 Å². The van der Waals surface area contributed by atoms with Crippen LogP contribution in [0.1, 0.15) is 41.4 Å². The van der Waals surface area contributed by atoms with Crippen LogP contribution in [0.5, 0.6) is 5.75 Å². The standard InChI is InChI=1S/C29H25Cl3N2O6S/c1-2-5-27(35)33-21-10-12-23(13-11-21)41(37,38)40-26-14-9-20(30)16-19(26)17-34(18-22-6-4-15-39-22)29(36)28-24(31)7-3-8-25(28)32/h3-4,6-16H,2,5,17-18H2,1H3,(H,33,35). The lowest BCUT2D eigenvalue weighted by molar-refractivity contribution is -0.116. The predicted molar refractivity (Wildman–Crippen MR) is 158 cm³/mol. The molecule has 41 heavy (non-hydrogen) atoms. The van der Waals surface area contributed by atoms with Gasteiger partial charge in [0.15, 0.2) is 0 Å². The van der Waals surface area contributed by atoms with Crippen LogP contribution >= 0.6 is 34.8 Å². The molecule has 3 aromatic carbocycles. The van der Waals surface area contributed by atoms with E-state index in [1.54, 1.807) is 30.3 Å². The molecule has 1 heterocycles. The molecule has 8 nitrogen and oxygen atoms in total. The van der Waals surface area contributed by atoms with Crippen LogP contribution in [0, 0.1) is 0 Å². The Morgan fingerprint density at radius 2 is 1.63 bits per heavy atom. The van der Waals surface area contributed by atoms with Gasteiger partial charge in [0.25, 0.3) is 5.91 Å². The van der Waals surface area contributed by atoms with Crippen LogP contribution in [0.3, 0.4) is 0 Å². The lowest BCUT2D eigenvalue weighted by Crippen LogP contribution is -2.31. The third-order valence-corrected chi connectivity index (χ3v) is 7.99. The van der Waals surface area contributed by atoms with Gasteiger partial charge in [0.2, 0.25) is 5.91 Å². The Hall–Kier alpha value is -3.50. The van der Waals surface area contributed by atoms with Crippen LogP contribution in [0.2, 0.25) is 15.1 Å². The molecule has 0 aliphatic rings. The first kappa shape index (κ1) is 30.5. The molecule has 0 unspecified atom stereocenters. The number of anilines is 1. The molecule has 0 aliphatic heterocycles. The van der Waals surface area contributed by atoms with Gasteiger partial charge in [0, 0.05) is 22.7 Å². The van der Waals surface area contributed by atoms with E-state index in [9.17, 15) is 18.0 Å². The summed E-state index contributed by atoms with van der Waals surface area (Å²) in [6, 6.07) is 18.1. The Morgan fingerprint density at radius 3 is 2.27 bits per heavy atom. The smallest absolute Gasteiger partial charge is 0.339 e. The first-order chi connectivity index (χ1) is 19.6. The molecule has 0 saturated heterocycles. The van der Waals surface area contributed by atoms with E-state index in [1.807, 2.05) is 6.92 Å². The van der Waals surface area contributed by atoms with Crippen molar-refractivity contribution in [1.82, 2.24) is 4.90 Å². The number of hydrogen-bond donors (Lipinski definition) is 1. The summed E-state index contributed by atoms with van der Waals surface area (Å²) in [6.07, 6.45) is 2.51. The van der Waals surface area contributed by atoms with Crippen LogP contribution in [-0.2, 0) is 28.0 Å². The van der Waals surface area contributed by atoms with Crippen molar-refractivity contribution < 1.29 is 26.6 Å². The van der Waals surface area contributed by atoms with Gasteiger partial charge in [-0.05, 0) is 73.2 Å². The fourth-order valence-corrected chi connectivity index (χ4v) is 5.65. The third kappa shape index (κ3) is 7.83. The van der Waals surface area contributed by atoms with Gasteiger partial charge < -0.3 is 18.8 Å². The summed E-state index contributed by atoms with van der Waals surface area (Å²) in [4.78, 5) is 26.8. The minimum Gasteiger partial charge on any atom is -0.467 e. The molecule has 0 radical (unpaired) electrons. The summed E-state index contributed by atoms with van der Waals surface area (Å²) < 4.78 is 37.3. The predicted octanol–water partition coefficient (Wildman–Crippen LogP) is 7.59.